The van der Waals surface area contributed by atoms with E-state index in [9.17, 15) is 17.4 Å². The van der Waals surface area contributed by atoms with E-state index in [1.165, 1.54) is 6.07 Å². The van der Waals surface area contributed by atoms with Gasteiger partial charge in [0, 0.05) is 0 Å². The van der Waals surface area contributed by atoms with E-state index in [0.717, 1.165) is 12.1 Å². The lowest BCUT2D eigenvalue weighted by Crippen LogP contribution is -2.08. The fraction of sp³-hybridized carbons (Fsp3) is 0.125. The summed E-state index contributed by atoms with van der Waals surface area (Å²) in [5.41, 5.74) is -1.65. The summed E-state index contributed by atoms with van der Waals surface area (Å²) in [4.78, 5) is -0.178. The van der Waals surface area contributed by atoms with E-state index >= 15 is 0 Å². The molecule has 1 aromatic rings. The molecule has 0 fully saturated rings. The predicted octanol–water partition coefficient (Wildman–Crippen LogP) is 2.84. The second-order valence-electron chi connectivity index (χ2n) is 2.54. The minimum atomic E-state index is -4.66. The van der Waals surface area contributed by atoms with Crippen LogP contribution in [-0.4, -0.2) is 4.21 Å². The van der Waals surface area contributed by atoms with Crippen LogP contribution in [0, 0.1) is 11.3 Å². The lowest BCUT2D eigenvalue weighted by Gasteiger charge is -2.08. The number of hydrogen-bond acceptors (Lipinski definition) is 2. The number of benzene rings is 1. The van der Waals surface area contributed by atoms with E-state index in [2.05, 4.69) is 0 Å². The number of hydrogen-bond donors (Lipinski definition) is 0. The molecule has 15 heavy (non-hydrogen) atoms. The molecule has 0 aromatic heterocycles. The van der Waals surface area contributed by atoms with Gasteiger partial charge in [0.05, 0.1) is 22.1 Å². The molecular weight excluding hydrogens is 251 g/mol. The van der Waals surface area contributed by atoms with Crippen LogP contribution in [0.4, 0.5) is 13.2 Å². The molecule has 0 radical (unpaired) electrons. The van der Waals surface area contributed by atoms with Crippen molar-refractivity contribution in [3.05, 3.63) is 29.3 Å². The van der Waals surface area contributed by atoms with Gasteiger partial charge in [-0.15, -0.1) is 0 Å². The van der Waals surface area contributed by atoms with Crippen molar-refractivity contribution in [2.45, 2.75) is 11.1 Å². The minimum absolute atomic E-state index is 0.178. The van der Waals surface area contributed by atoms with Crippen LogP contribution in [0.5, 0.6) is 0 Å². The molecule has 2 nitrogen and oxygen atoms in total. The van der Waals surface area contributed by atoms with Crippen molar-refractivity contribution in [1.29, 1.82) is 5.26 Å². The van der Waals surface area contributed by atoms with Crippen LogP contribution < -0.4 is 0 Å². The summed E-state index contributed by atoms with van der Waals surface area (Å²) in [6, 6.07) is 4.08. The number of rotatable bonds is 1. The molecule has 0 saturated carbocycles. The molecule has 0 aliphatic carbocycles. The standard InChI is InChI=1S/C8H3ClF3NOS/c9-15(14)6-2-1-5(4-13)7(3-6)8(10,11)12/h1-3H. The monoisotopic (exact) mass is 253 g/mol. The lowest BCUT2D eigenvalue weighted by atomic mass is 10.1. The largest absolute Gasteiger partial charge is 0.417 e. The smallest absolute Gasteiger partial charge is 0.237 e. The van der Waals surface area contributed by atoms with Gasteiger partial charge in [-0.25, -0.2) is 4.21 Å². The first kappa shape index (κ1) is 12.0. The van der Waals surface area contributed by atoms with Gasteiger partial charge in [-0.05, 0) is 28.9 Å². The van der Waals surface area contributed by atoms with Crippen LogP contribution in [-0.2, 0) is 16.2 Å². The molecule has 0 heterocycles. The summed E-state index contributed by atoms with van der Waals surface area (Å²) in [7, 11) is 3.12. The van der Waals surface area contributed by atoms with Crippen LogP contribution in [0.25, 0.3) is 0 Å². The van der Waals surface area contributed by atoms with Gasteiger partial charge in [0.25, 0.3) is 0 Å². The Balaban J connectivity index is 3.40. The van der Waals surface area contributed by atoms with Gasteiger partial charge < -0.3 is 0 Å². The van der Waals surface area contributed by atoms with Gasteiger partial charge in [0.15, 0.2) is 0 Å². The maximum Gasteiger partial charge on any atom is 0.417 e. The highest BCUT2D eigenvalue weighted by atomic mass is 35.7. The molecule has 80 valence electrons. The van der Waals surface area contributed by atoms with E-state index in [0.29, 0.717) is 6.07 Å². The Kier molecular flexibility index (Phi) is 3.37. The van der Waals surface area contributed by atoms with Crippen molar-refractivity contribution >= 4 is 20.7 Å². The Hall–Kier alpha value is -1.06. The fourth-order valence-electron chi connectivity index (χ4n) is 0.955. The van der Waals surface area contributed by atoms with Crippen LogP contribution >= 0.6 is 10.7 Å². The molecule has 0 aliphatic heterocycles. The van der Waals surface area contributed by atoms with Gasteiger partial charge in [-0.2, -0.15) is 18.4 Å². The topological polar surface area (TPSA) is 40.9 Å². The molecule has 1 unspecified atom stereocenters. The van der Waals surface area contributed by atoms with E-state index in [1.54, 1.807) is 0 Å². The first-order chi connectivity index (χ1) is 6.86. The minimum Gasteiger partial charge on any atom is -0.237 e. The van der Waals surface area contributed by atoms with E-state index in [1.807, 2.05) is 0 Å². The van der Waals surface area contributed by atoms with Crippen molar-refractivity contribution in [3.8, 4) is 6.07 Å². The maximum atomic E-state index is 12.4. The molecule has 0 bridgehead atoms. The van der Waals surface area contributed by atoms with Gasteiger partial charge in [-0.3, -0.25) is 0 Å². The van der Waals surface area contributed by atoms with Gasteiger partial charge >= 0.3 is 6.18 Å². The first-order valence-electron chi connectivity index (χ1n) is 3.55. The quantitative estimate of drug-likeness (QED) is 0.722. The molecular formula is C8H3ClF3NOS. The number of nitriles is 1. The molecule has 1 aromatic carbocycles. The maximum absolute atomic E-state index is 12.4. The average Bonchev–Trinajstić information content (AvgIpc) is 2.15. The molecule has 1 atom stereocenters. The molecule has 0 amide bonds. The van der Waals surface area contributed by atoms with Crippen molar-refractivity contribution < 1.29 is 17.4 Å². The van der Waals surface area contributed by atoms with Crippen LogP contribution in [0.1, 0.15) is 11.1 Å². The predicted molar refractivity (Wildman–Crippen MR) is 48.4 cm³/mol. The SMILES string of the molecule is N#Cc1ccc(S(=O)Cl)cc1C(F)(F)F. The van der Waals surface area contributed by atoms with E-state index in [-0.39, 0.29) is 4.90 Å². The number of nitrogens with zero attached hydrogens (tertiary/aromatic N) is 1. The molecule has 0 spiro atoms. The third-order valence-corrected chi connectivity index (χ3v) is 2.76. The molecule has 7 heteroatoms. The van der Waals surface area contributed by atoms with Crippen molar-refractivity contribution in [2.24, 2.45) is 0 Å². The van der Waals surface area contributed by atoms with Gasteiger partial charge in [-0.1, -0.05) is 0 Å². The van der Waals surface area contributed by atoms with Crippen LogP contribution in [0.15, 0.2) is 23.1 Å². The fourth-order valence-corrected chi connectivity index (χ4v) is 1.63. The number of halogens is 4. The Morgan fingerprint density at radius 1 is 1.40 bits per heavy atom. The Labute approximate surface area is 90.2 Å². The first-order valence-corrected chi connectivity index (χ1v) is 5.53. The van der Waals surface area contributed by atoms with E-state index in [4.69, 9.17) is 15.9 Å². The zero-order chi connectivity index (χ0) is 11.6. The Bertz CT molecular complexity index is 452. The van der Waals surface area contributed by atoms with Gasteiger partial charge in [0.1, 0.15) is 10.0 Å². The summed E-state index contributed by atoms with van der Waals surface area (Å²) in [5, 5.41) is 8.45. The van der Waals surface area contributed by atoms with E-state index < -0.39 is 27.3 Å². The molecule has 0 N–H and O–H groups in total. The second-order valence-corrected chi connectivity index (χ2v) is 4.30. The third-order valence-electron chi connectivity index (χ3n) is 1.60. The highest BCUT2D eigenvalue weighted by Gasteiger charge is 2.34. The molecule has 1 rings (SSSR count). The zero-order valence-corrected chi connectivity index (χ0v) is 8.58. The van der Waals surface area contributed by atoms with Crippen LogP contribution in [0.2, 0.25) is 0 Å². The van der Waals surface area contributed by atoms with Crippen molar-refractivity contribution in [2.75, 3.05) is 0 Å². The van der Waals surface area contributed by atoms with Crippen molar-refractivity contribution in [1.82, 2.24) is 0 Å². The summed E-state index contributed by atoms with van der Waals surface area (Å²) < 4.78 is 47.9. The Morgan fingerprint density at radius 2 is 2.00 bits per heavy atom. The summed E-state index contributed by atoms with van der Waals surface area (Å²) in [6.45, 7) is 0. The molecule has 0 aliphatic rings. The summed E-state index contributed by atoms with van der Waals surface area (Å²) >= 11 is 0. The zero-order valence-electron chi connectivity index (χ0n) is 7.01. The second kappa shape index (κ2) is 4.21. The number of alkyl halides is 3. The third kappa shape index (κ3) is 2.70. The summed E-state index contributed by atoms with van der Waals surface area (Å²) in [5.74, 6) is 0. The molecule has 0 saturated heterocycles. The van der Waals surface area contributed by atoms with Gasteiger partial charge in [0.2, 0.25) is 0 Å². The van der Waals surface area contributed by atoms with Crippen LogP contribution in [0.3, 0.4) is 0 Å². The Morgan fingerprint density at radius 3 is 2.40 bits per heavy atom. The average molecular weight is 254 g/mol. The highest BCUT2D eigenvalue weighted by Crippen LogP contribution is 2.33. The summed E-state index contributed by atoms with van der Waals surface area (Å²) in [6.07, 6.45) is -4.66. The highest BCUT2D eigenvalue weighted by molar-refractivity contribution is 8.08. The van der Waals surface area contributed by atoms with Crippen molar-refractivity contribution in [3.63, 3.8) is 0 Å². The lowest BCUT2D eigenvalue weighted by molar-refractivity contribution is -0.137. The normalized spacial score (nSPS) is 13.3.